The second-order valence-corrected chi connectivity index (χ2v) is 7.85. The Bertz CT molecular complexity index is 935. The van der Waals surface area contributed by atoms with Gasteiger partial charge >= 0.3 is 5.97 Å². The van der Waals surface area contributed by atoms with E-state index in [0.717, 1.165) is 24.9 Å². The molecule has 5 rings (SSSR count). The number of likely N-dealkylation sites (tertiary alicyclic amines) is 1. The van der Waals surface area contributed by atoms with Crippen LogP contribution in [0.25, 0.3) is 0 Å². The van der Waals surface area contributed by atoms with Gasteiger partial charge in [-0.15, -0.1) is 0 Å². The summed E-state index contributed by atoms with van der Waals surface area (Å²) in [5, 5.41) is 0. The highest BCUT2D eigenvalue weighted by Gasteiger charge is 2.74. The number of likely N-dealkylation sites (N-methyl/N-ethyl adjacent to an activating group) is 1. The van der Waals surface area contributed by atoms with Crippen LogP contribution in [0.1, 0.15) is 24.5 Å². The Morgan fingerprint density at radius 1 is 1.29 bits per heavy atom. The van der Waals surface area contributed by atoms with Crippen molar-refractivity contribution in [1.29, 1.82) is 0 Å². The molecule has 0 aromatic heterocycles. The number of rotatable bonds is 4. The van der Waals surface area contributed by atoms with Gasteiger partial charge in [0.2, 0.25) is 0 Å². The summed E-state index contributed by atoms with van der Waals surface area (Å²) in [6.45, 7) is 2.95. The van der Waals surface area contributed by atoms with Crippen LogP contribution >= 0.6 is 0 Å². The molecule has 2 heterocycles. The molecule has 1 aromatic rings. The summed E-state index contributed by atoms with van der Waals surface area (Å²) in [5.74, 6) is 1.37. The number of methoxy groups -OCH3 is 2. The fourth-order valence-corrected chi connectivity index (χ4v) is 5.77. The first-order valence-corrected chi connectivity index (χ1v) is 9.78. The molecule has 6 nitrogen and oxygen atoms in total. The molecule has 0 N–H and O–H groups in total. The average Bonchev–Trinajstić information content (AvgIpc) is 3.02. The smallest absolute Gasteiger partial charge is 0.359 e. The normalized spacial score (nSPS) is 31.9. The van der Waals surface area contributed by atoms with E-state index in [2.05, 4.69) is 24.1 Å². The molecule has 2 bridgehead atoms. The zero-order chi connectivity index (χ0) is 19.7. The summed E-state index contributed by atoms with van der Waals surface area (Å²) in [5.41, 5.74) is 1.49. The van der Waals surface area contributed by atoms with E-state index in [1.54, 1.807) is 14.2 Å². The highest BCUT2D eigenvalue weighted by Crippen LogP contribution is 2.67. The third-order valence-corrected chi connectivity index (χ3v) is 6.89. The molecule has 3 atom stereocenters. The molecular weight excluding hydrogens is 358 g/mol. The maximum absolute atomic E-state index is 13.5. The zero-order valence-corrected chi connectivity index (χ0v) is 16.7. The minimum Gasteiger partial charge on any atom is -0.496 e. The van der Waals surface area contributed by atoms with E-state index >= 15 is 0 Å². The topological polar surface area (TPSA) is 57.2 Å². The van der Waals surface area contributed by atoms with E-state index in [1.165, 1.54) is 11.1 Å². The highest BCUT2D eigenvalue weighted by atomic mass is 16.6. The molecule has 0 amide bonds. The van der Waals surface area contributed by atoms with Gasteiger partial charge < -0.3 is 18.9 Å². The summed E-state index contributed by atoms with van der Waals surface area (Å²) >= 11 is 0. The van der Waals surface area contributed by atoms with Crippen molar-refractivity contribution in [3.8, 4) is 11.5 Å². The predicted molar refractivity (Wildman–Crippen MR) is 103 cm³/mol. The van der Waals surface area contributed by atoms with Gasteiger partial charge in [-0.25, -0.2) is 4.79 Å². The van der Waals surface area contributed by atoms with Gasteiger partial charge in [0.15, 0.2) is 17.3 Å². The molecule has 1 saturated heterocycles. The van der Waals surface area contributed by atoms with E-state index in [0.29, 0.717) is 17.3 Å². The molecule has 4 aliphatic rings. The summed E-state index contributed by atoms with van der Waals surface area (Å²) in [4.78, 5) is 15.9. The first kappa shape index (κ1) is 17.6. The summed E-state index contributed by atoms with van der Waals surface area (Å²) in [6.07, 6.45) is 5.63. The Morgan fingerprint density at radius 2 is 2.11 bits per heavy atom. The lowest BCUT2D eigenvalue weighted by molar-refractivity contribution is -0.166. The van der Waals surface area contributed by atoms with Crippen LogP contribution in [0.4, 0.5) is 0 Å². The van der Waals surface area contributed by atoms with Gasteiger partial charge in [0.1, 0.15) is 0 Å². The second kappa shape index (κ2) is 5.77. The van der Waals surface area contributed by atoms with Crippen molar-refractivity contribution in [1.82, 2.24) is 4.90 Å². The van der Waals surface area contributed by atoms with Crippen LogP contribution in [0.3, 0.4) is 0 Å². The largest absolute Gasteiger partial charge is 0.496 e. The third kappa shape index (κ3) is 1.75. The number of piperidine rings is 1. The van der Waals surface area contributed by atoms with E-state index in [-0.39, 0.29) is 12.6 Å². The number of ether oxygens (including phenoxy) is 4. The fourth-order valence-electron chi connectivity index (χ4n) is 5.77. The number of esters is 1. The van der Waals surface area contributed by atoms with Crippen LogP contribution in [-0.2, 0) is 26.1 Å². The van der Waals surface area contributed by atoms with Crippen LogP contribution in [-0.4, -0.2) is 56.9 Å². The second-order valence-electron chi connectivity index (χ2n) is 7.85. The van der Waals surface area contributed by atoms with E-state index in [1.807, 2.05) is 19.1 Å². The van der Waals surface area contributed by atoms with Crippen molar-refractivity contribution in [3.63, 3.8) is 0 Å². The van der Waals surface area contributed by atoms with E-state index in [9.17, 15) is 4.79 Å². The molecule has 3 unspecified atom stereocenters. The first-order chi connectivity index (χ1) is 13.5. The molecule has 0 radical (unpaired) electrons. The number of hydrogen-bond acceptors (Lipinski definition) is 6. The molecule has 1 fully saturated rings. The molecule has 2 aliphatic heterocycles. The van der Waals surface area contributed by atoms with Gasteiger partial charge in [0, 0.05) is 11.6 Å². The molecule has 1 spiro atoms. The lowest BCUT2D eigenvalue weighted by Gasteiger charge is -2.55. The van der Waals surface area contributed by atoms with Crippen molar-refractivity contribution in [2.45, 2.75) is 36.8 Å². The number of allylic oxidation sites excluding steroid dienone is 2. The van der Waals surface area contributed by atoms with Gasteiger partial charge in [-0.2, -0.15) is 0 Å². The first-order valence-electron chi connectivity index (χ1n) is 9.78. The van der Waals surface area contributed by atoms with Gasteiger partial charge in [0.25, 0.3) is 5.60 Å². The van der Waals surface area contributed by atoms with Crippen LogP contribution < -0.4 is 9.47 Å². The molecule has 148 valence electrons. The maximum atomic E-state index is 13.5. The van der Waals surface area contributed by atoms with Crippen LogP contribution in [0, 0.1) is 0 Å². The molecule has 2 aliphatic carbocycles. The number of benzene rings is 1. The Kier molecular flexibility index (Phi) is 3.63. The summed E-state index contributed by atoms with van der Waals surface area (Å²) < 4.78 is 23.5. The number of hydrogen-bond donors (Lipinski definition) is 0. The quantitative estimate of drug-likeness (QED) is 0.744. The molecule has 0 saturated carbocycles. The minimum absolute atomic E-state index is 0.215. The van der Waals surface area contributed by atoms with Crippen molar-refractivity contribution in [3.05, 3.63) is 46.7 Å². The van der Waals surface area contributed by atoms with Crippen molar-refractivity contribution in [2.24, 2.45) is 0 Å². The summed E-state index contributed by atoms with van der Waals surface area (Å²) in [7, 11) is 5.36. The Morgan fingerprint density at radius 3 is 2.82 bits per heavy atom. The maximum Gasteiger partial charge on any atom is 0.359 e. The summed E-state index contributed by atoms with van der Waals surface area (Å²) in [6, 6.07) is 4.26. The Balaban J connectivity index is 1.88. The standard InChI is InChI=1S/C22H25NO5/c1-5-27-20(24)22-17(26-4)9-7-14-15-12-13-6-8-16(25-3)19(28-22)18(13)21(14,22)10-11-23(15)2/h6-9,15H,5,10-12H2,1-4H3. The monoisotopic (exact) mass is 383 g/mol. The van der Waals surface area contributed by atoms with E-state index < -0.39 is 17.0 Å². The SMILES string of the molecule is CCOC(=O)C12Oc3c(OC)ccc4c3C13CCN(C)C(C4)C3=CC=C2OC. The lowest BCUT2D eigenvalue weighted by atomic mass is 9.52. The van der Waals surface area contributed by atoms with Crippen molar-refractivity contribution >= 4 is 5.97 Å². The minimum atomic E-state index is -1.35. The predicted octanol–water partition coefficient (Wildman–Crippen LogP) is 2.36. The highest BCUT2D eigenvalue weighted by molar-refractivity contribution is 5.92. The molecule has 6 heteroatoms. The van der Waals surface area contributed by atoms with Gasteiger partial charge in [-0.3, -0.25) is 4.90 Å². The average molecular weight is 383 g/mol. The number of carbonyl (C=O) groups excluding carboxylic acids is 1. The fraction of sp³-hybridized carbons (Fsp3) is 0.500. The lowest BCUT2D eigenvalue weighted by Crippen LogP contribution is -2.68. The van der Waals surface area contributed by atoms with Crippen LogP contribution in [0.2, 0.25) is 0 Å². The molecule has 28 heavy (non-hydrogen) atoms. The third-order valence-electron chi connectivity index (χ3n) is 6.89. The number of nitrogens with zero attached hydrogens (tertiary/aromatic N) is 1. The van der Waals surface area contributed by atoms with Gasteiger partial charge in [-0.05, 0) is 56.6 Å². The molecule has 1 aromatic carbocycles. The van der Waals surface area contributed by atoms with Crippen molar-refractivity contribution in [2.75, 3.05) is 34.4 Å². The van der Waals surface area contributed by atoms with Gasteiger partial charge in [-0.1, -0.05) is 12.1 Å². The molecular formula is C22H25NO5. The number of carbonyl (C=O) groups is 1. The zero-order valence-electron chi connectivity index (χ0n) is 16.7. The van der Waals surface area contributed by atoms with Crippen LogP contribution in [0.5, 0.6) is 11.5 Å². The Hall–Kier alpha value is -2.47. The Labute approximate surface area is 164 Å². The van der Waals surface area contributed by atoms with Crippen molar-refractivity contribution < 1.29 is 23.7 Å². The van der Waals surface area contributed by atoms with Gasteiger partial charge in [0.05, 0.1) is 26.2 Å². The van der Waals surface area contributed by atoms with E-state index in [4.69, 9.17) is 18.9 Å². The van der Waals surface area contributed by atoms with Crippen LogP contribution in [0.15, 0.2) is 35.6 Å².